The van der Waals surface area contributed by atoms with Gasteiger partial charge in [0.15, 0.2) is 11.5 Å². The topological polar surface area (TPSA) is 115 Å². The third-order valence-corrected chi connectivity index (χ3v) is 7.63. The lowest BCUT2D eigenvalue weighted by molar-refractivity contribution is -0.112. The number of anilines is 2. The Morgan fingerprint density at radius 3 is 2.48 bits per heavy atom. The number of aliphatic imine (C=N–C) groups is 1. The molecule has 1 fully saturated rings. The summed E-state index contributed by atoms with van der Waals surface area (Å²) in [5.74, 6) is 1.91. The van der Waals surface area contributed by atoms with E-state index >= 15 is 0 Å². The average Bonchev–Trinajstić information content (AvgIpc) is 3.20. The van der Waals surface area contributed by atoms with Crippen molar-refractivity contribution in [1.29, 1.82) is 0 Å². The number of benzene rings is 2. The molecule has 1 unspecified atom stereocenters. The van der Waals surface area contributed by atoms with Gasteiger partial charge in [-0.3, -0.25) is 14.6 Å². The molecule has 2 aliphatic rings. The van der Waals surface area contributed by atoms with Gasteiger partial charge in [0.2, 0.25) is 5.75 Å². The fourth-order valence-electron chi connectivity index (χ4n) is 5.38. The molecule has 0 saturated carbocycles. The van der Waals surface area contributed by atoms with E-state index in [9.17, 15) is 4.79 Å². The van der Waals surface area contributed by atoms with E-state index in [0.29, 0.717) is 47.7 Å². The van der Waals surface area contributed by atoms with Crippen molar-refractivity contribution in [3.8, 4) is 17.2 Å². The molecule has 0 aliphatic carbocycles. The third-order valence-electron chi connectivity index (χ3n) is 7.63. The van der Waals surface area contributed by atoms with Crippen LogP contribution in [0.15, 0.2) is 41.5 Å². The number of nitrogen functional groups attached to an aromatic ring is 1. The van der Waals surface area contributed by atoms with Gasteiger partial charge in [0.05, 0.1) is 33.7 Å². The van der Waals surface area contributed by atoms with Crippen molar-refractivity contribution in [2.45, 2.75) is 45.6 Å². The van der Waals surface area contributed by atoms with Gasteiger partial charge in [0.25, 0.3) is 11.9 Å². The fraction of sp³-hybridized carbons (Fsp3) is 0.400. The number of piperidine rings is 1. The highest BCUT2D eigenvalue weighted by Crippen LogP contribution is 2.39. The van der Waals surface area contributed by atoms with Crippen LogP contribution in [0.4, 0.5) is 17.5 Å². The van der Waals surface area contributed by atoms with Crippen molar-refractivity contribution in [2.75, 3.05) is 45.2 Å². The lowest BCUT2D eigenvalue weighted by atomic mass is 10.0. The molecule has 0 radical (unpaired) electrons. The number of rotatable bonds is 8. The Morgan fingerprint density at radius 1 is 1.07 bits per heavy atom. The number of fused-ring (bicyclic) bond motifs is 1. The minimum absolute atomic E-state index is 0.148. The van der Waals surface area contributed by atoms with Gasteiger partial charge in [-0.15, -0.1) is 0 Å². The molecule has 10 nitrogen and oxygen atoms in total. The predicted molar refractivity (Wildman–Crippen MR) is 155 cm³/mol. The number of hydrogen-bond acceptors (Lipinski definition) is 9. The van der Waals surface area contributed by atoms with E-state index < -0.39 is 0 Å². The second-order valence-electron chi connectivity index (χ2n) is 10.3. The van der Waals surface area contributed by atoms with Crippen molar-refractivity contribution < 1.29 is 19.0 Å². The second kappa shape index (κ2) is 11.5. The van der Waals surface area contributed by atoms with Gasteiger partial charge >= 0.3 is 0 Å². The predicted octanol–water partition coefficient (Wildman–Crippen LogP) is 4.28. The van der Waals surface area contributed by atoms with E-state index in [1.165, 1.54) is 6.42 Å². The summed E-state index contributed by atoms with van der Waals surface area (Å²) < 4.78 is 16.3. The first kappa shape index (κ1) is 27.4. The average molecular weight is 545 g/mol. The fourth-order valence-corrected chi connectivity index (χ4v) is 5.38. The van der Waals surface area contributed by atoms with E-state index in [1.54, 1.807) is 27.5 Å². The van der Waals surface area contributed by atoms with Crippen LogP contribution >= 0.6 is 0 Å². The molecule has 2 N–H and O–H groups in total. The molecule has 5 rings (SSSR count). The van der Waals surface area contributed by atoms with Crippen molar-refractivity contribution in [1.82, 2.24) is 14.9 Å². The molecule has 0 spiro atoms. The summed E-state index contributed by atoms with van der Waals surface area (Å²) in [6, 6.07) is 10.2. The van der Waals surface area contributed by atoms with Crippen LogP contribution in [0.5, 0.6) is 17.2 Å². The van der Waals surface area contributed by atoms with Crippen LogP contribution in [0.2, 0.25) is 0 Å². The van der Waals surface area contributed by atoms with Crippen molar-refractivity contribution in [2.24, 2.45) is 4.99 Å². The lowest BCUT2D eigenvalue weighted by Gasteiger charge is -2.36. The number of hydrogen-bond donors (Lipinski definition) is 1. The molecule has 1 aromatic heterocycles. The smallest absolute Gasteiger partial charge is 0.278 e. The normalized spacial score (nSPS) is 18.2. The van der Waals surface area contributed by atoms with Gasteiger partial charge < -0.3 is 19.9 Å². The third kappa shape index (κ3) is 5.31. The molecule has 3 aromatic rings. The maximum Gasteiger partial charge on any atom is 0.278 e. The van der Waals surface area contributed by atoms with Crippen LogP contribution in [0.25, 0.3) is 0 Å². The van der Waals surface area contributed by atoms with Crippen LogP contribution in [-0.4, -0.2) is 67.1 Å². The molecule has 40 heavy (non-hydrogen) atoms. The number of amides is 1. The quantitative estimate of drug-likeness (QED) is 0.447. The molecule has 210 valence electrons. The number of carbonyl (C=O) groups excluding carboxylic acids is 1. The number of nitrogens with two attached hydrogens (primary N) is 1. The van der Waals surface area contributed by atoms with Gasteiger partial charge in [-0.25, -0.2) is 9.98 Å². The van der Waals surface area contributed by atoms with Crippen LogP contribution in [-0.2, 0) is 11.2 Å². The summed E-state index contributed by atoms with van der Waals surface area (Å²) in [6.45, 7) is 5.74. The zero-order chi connectivity index (χ0) is 28.4. The molecule has 2 aromatic carbocycles. The van der Waals surface area contributed by atoms with Gasteiger partial charge in [0.1, 0.15) is 11.5 Å². The van der Waals surface area contributed by atoms with E-state index in [4.69, 9.17) is 19.9 Å². The van der Waals surface area contributed by atoms with Gasteiger partial charge in [-0.05, 0) is 56.5 Å². The number of aryl methyl sites for hydroxylation is 1. The van der Waals surface area contributed by atoms with Crippen molar-refractivity contribution in [3.05, 3.63) is 58.8 Å². The Morgan fingerprint density at radius 2 is 1.82 bits per heavy atom. The molecule has 1 saturated heterocycles. The standard InChI is InChI=1S/C30H36N6O4/c1-18-9-10-23-22(12-18)26(29(37)36(23)17-35-11-7-6-8-19(35)2)33-30-32-16-21(28(31)34-30)13-20-14-24(38-3)27(40-5)25(15-20)39-4/h9-10,12,14-16,19H,6-8,11,13,17H2,1-5H3,(H2,31,32,34)/b33-26-. The number of nitrogens with zero attached hydrogens (tertiary/aromatic N) is 5. The second-order valence-corrected chi connectivity index (χ2v) is 10.3. The van der Waals surface area contributed by atoms with E-state index in [0.717, 1.165) is 41.8 Å². The van der Waals surface area contributed by atoms with Crippen LogP contribution in [0.3, 0.4) is 0 Å². The monoisotopic (exact) mass is 544 g/mol. The van der Waals surface area contributed by atoms with Gasteiger partial charge in [-0.2, -0.15) is 4.98 Å². The van der Waals surface area contributed by atoms with E-state index in [1.807, 2.05) is 42.2 Å². The Hall–Kier alpha value is -4.18. The molecule has 1 amide bonds. The molecule has 2 aliphatic heterocycles. The number of carbonyl (C=O) groups is 1. The van der Waals surface area contributed by atoms with Crippen LogP contribution in [0.1, 0.15) is 48.4 Å². The highest BCUT2D eigenvalue weighted by molar-refractivity contribution is 6.54. The first-order chi connectivity index (χ1) is 19.3. The Kier molecular flexibility index (Phi) is 7.88. The summed E-state index contributed by atoms with van der Waals surface area (Å²) >= 11 is 0. The number of methoxy groups -OCH3 is 3. The minimum atomic E-state index is -0.151. The summed E-state index contributed by atoms with van der Waals surface area (Å²) in [5, 5.41) is 0. The molecular weight excluding hydrogens is 508 g/mol. The van der Waals surface area contributed by atoms with E-state index in [2.05, 4.69) is 26.8 Å². The maximum atomic E-state index is 13.7. The van der Waals surface area contributed by atoms with Crippen LogP contribution in [0, 0.1) is 6.92 Å². The Bertz CT molecular complexity index is 1430. The summed E-state index contributed by atoms with van der Waals surface area (Å²) in [6.07, 6.45) is 5.60. The van der Waals surface area contributed by atoms with Gasteiger partial charge in [0, 0.05) is 36.3 Å². The summed E-state index contributed by atoms with van der Waals surface area (Å²) in [5.41, 5.74) is 11.0. The lowest BCUT2D eigenvalue weighted by Crippen LogP contribution is -2.47. The molecule has 1 atom stereocenters. The number of likely N-dealkylation sites (tertiary alicyclic amines) is 1. The maximum absolute atomic E-state index is 13.7. The molecular formula is C30H36N6O4. The van der Waals surface area contributed by atoms with Crippen LogP contribution < -0.4 is 24.8 Å². The molecule has 3 heterocycles. The van der Waals surface area contributed by atoms with Crippen molar-refractivity contribution in [3.63, 3.8) is 0 Å². The first-order valence-corrected chi connectivity index (χ1v) is 13.5. The highest BCUT2D eigenvalue weighted by Gasteiger charge is 2.36. The zero-order valence-corrected chi connectivity index (χ0v) is 23.7. The minimum Gasteiger partial charge on any atom is -0.493 e. The van der Waals surface area contributed by atoms with Crippen molar-refractivity contribution >= 4 is 29.1 Å². The number of aromatic nitrogens is 2. The van der Waals surface area contributed by atoms with Gasteiger partial charge in [-0.1, -0.05) is 18.1 Å². The molecule has 10 heteroatoms. The molecule has 0 bridgehead atoms. The zero-order valence-electron chi connectivity index (χ0n) is 23.7. The summed E-state index contributed by atoms with van der Waals surface area (Å²) in [7, 11) is 4.71. The van der Waals surface area contributed by atoms with E-state index in [-0.39, 0.29) is 17.7 Å². The SMILES string of the molecule is COc1cc(Cc2cnc(/N=C3\C(=O)N(CN4CCCCC4C)c4ccc(C)cc43)nc2N)cc(OC)c1OC. The largest absolute Gasteiger partial charge is 0.493 e. The summed E-state index contributed by atoms with van der Waals surface area (Å²) in [4.78, 5) is 31.4. The highest BCUT2D eigenvalue weighted by atomic mass is 16.5. The Balaban J connectivity index is 1.43. The number of ether oxygens (including phenoxy) is 3. The first-order valence-electron chi connectivity index (χ1n) is 13.5. The Labute approximate surface area is 234 Å².